The van der Waals surface area contributed by atoms with E-state index in [1.54, 1.807) is 6.08 Å². The highest BCUT2D eigenvalue weighted by molar-refractivity contribution is 5.79. The predicted octanol–water partition coefficient (Wildman–Crippen LogP) is 4.18. The van der Waals surface area contributed by atoms with Crippen molar-refractivity contribution >= 4 is 5.57 Å². The van der Waals surface area contributed by atoms with Crippen molar-refractivity contribution in [1.82, 2.24) is 0 Å². The molecule has 0 bridgehead atoms. The summed E-state index contributed by atoms with van der Waals surface area (Å²) < 4.78 is 0. The first-order valence-corrected chi connectivity index (χ1v) is 6.07. The third kappa shape index (κ3) is 1.63. The molecule has 0 aromatic heterocycles. The van der Waals surface area contributed by atoms with Gasteiger partial charge in [0.25, 0.3) is 0 Å². The Balaban J connectivity index is 2.09. The maximum atomic E-state index is 8.71. The van der Waals surface area contributed by atoms with Crippen molar-refractivity contribution in [3.63, 3.8) is 0 Å². The molecule has 0 saturated carbocycles. The molecule has 0 N–H and O–H groups in total. The van der Waals surface area contributed by atoms with Crippen molar-refractivity contribution in [3.8, 4) is 17.2 Å². The fraction of sp³-hybridized carbons (Fsp3) is 0.118. The Kier molecular flexibility index (Phi) is 2.50. The van der Waals surface area contributed by atoms with E-state index in [4.69, 9.17) is 5.26 Å². The highest BCUT2D eigenvalue weighted by atomic mass is 14.2. The molecule has 2 aromatic rings. The fourth-order valence-electron chi connectivity index (χ4n) is 2.57. The monoisotopic (exact) mass is 231 g/mol. The third-order valence-electron chi connectivity index (χ3n) is 3.53. The minimum Gasteiger partial charge on any atom is -0.193 e. The van der Waals surface area contributed by atoms with Gasteiger partial charge in [-0.3, -0.25) is 0 Å². The molecule has 0 spiro atoms. The molecule has 1 heteroatoms. The van der Waals surface area contributed by atoms with Gasteiger partial charge in [-0.1, -0.05) is 42.5 Å². The van der Waals surface area contributed by atoms with Crippen LogP contribution in [0.1, 0.15) is 23.6 Å². The van der Waals surface area contributed by atoms with Gasteiger partial charge < -0.3 is 0 Å². The summed E-state index contributed by atoms with van der Waals surface area (Å²) in [5, 5.41) is 8.71. The molecule has 18 heavy (non-hydrogen) atoms. The van der Waals surface area contributed by atoms with Gasteiger partial charge in [0.1, 0.15) is 0 Å². The SMILES string of the molecule is CC(=CC#N)c1ccc2c(c1)Cc1ccccc1-2. The van der Waals surface area contributed by atoms with Crippen LogP contribution in [0.5, 0.6) is 0 Å². The summed E-state index contributed by atoms with van der Waals surface area (Å²) >= 11 is 0. The number of allylic oxidation sites excluding steroid dienone is 2. The maximum Gasteiger partial charge on any atom is 0.0915 e. The predicted molar refractivity (Wildman–Crippen MR) is 73.9 cm³/mol. The van der Waals surface area contributed by atoms with Crippen LogP contribution in [0.2, 0.25) is 0 Å². The number of benzene rings is 2. The zero-order chi connectivity index (χ0) is 12.5. The van der Waals surface area contributed by atoms with Gasteiger partial charge in [-0.05, 0) is 46.7 Å². The standard InChI is InChI=1S/C17H13N/c1-12(8-9-18)13-6-7-17-15(10-13)11-14-4-2-3-5-16(14)17/h2-8,10H,11H2,1H3. The van der Waals surface area contributed by atoms with Crippen LogP contribution >= 0.6 is 0 Å². The van der Waals surface area contributed by atoms with Crippen molar-refractivity contribution in [3.05, 3.63) is 65.2 Å². The first-order chi connectivity index (χ1) is 8.79. The zero-order valence-electron chi connectivity index (χ0n) is 10.3. The van der Waals surface area contributed by atoms with Crippen LogP contribution in [0.3, 0.4) is 0 Å². The molecule has 0 heterocycles. The molecule has 1 aliphatic rings. The lowest BCUT2D eigenvalue weighted by atomic mass is 10.00. The summed E-state index contributed by atoms with van der Waals surface area (Å²) in [6.45, 7) is 1.98. The molecular weight excluding hydrogens is 218 g/mol. The van der Waals surface area contributed by atoms with Gasteiger partial charge in [-0.2, -0.15) is 5.26 Å². The molecule has 2 aromatic carbocycles. The van der Waals surface area contributed by atoms with E-state index < -0.39 is 0 Å². The molecular formula is C17H13N. The molecule has 1 nitrogen and oxygen atoms in total. The van der Waals surface area contributed by atoms with Gasteiger partial charge in [0.15, 0.2) is 0 Å². The highest BCUT2D eigenvalue weighted by Crippen LogP contribution is 2.37. The molecule has 3 rings (SSSR count). The number of hydrogen-bond donors (Lipinski definition) is 0. The van der Waals surface area contributed by atoms with Crippen molar-refractivity contribution in [2.45, 2.75) is 13.3 Å². The van der Waals surface area contributed by atoms with Crippen molar-refractivity contribution in [2.24, 2.45) is 0 Å². The normalized spacial score (nSPS) is 12.8. The summed E-state index contributed by atoms with van der Waals surface area (Å²) in [7, 11) is 0. The Morgan fingerprint density at radius 1 is 1.11 bits per heavy atom. The Bertz CT molecular complexity index is 687. The van der Waals surface area contributed by atoms with Crippen LogP contribution in [0.4, 0.5) is 0 Å². The molecule has 0 saturated heterocycles. The van der Waals surface area contributed by atoms with E-state index in [2.05, 4.69) is 48.5 Å². The quantitative estimate of drug-likeness (QED) is 0.576. The van der Waals surface area contributed by atoms with Gasteiger partial charge in [0.2, 0.25) is 0 Å². The zero-order valence-corrected chi connectivity index (χ0v) is 10.3. The maximum absolute atomic E-state index is 8.71. The topological polar surface area (TPSA) is 23.8 Å². The summed E-state index contributed by atoms with van der Waals surface area (Å²) in [6, 6.07) is 17.1. The lowest BCUT2D eigenvalue weighted by Gasteiger charge is -2.04. The molecule has 0 radical (unpaired) electrons. The summed E-state index contributed by atoms with van der Waals surface area (Å²) in [5.41, 5.74) is 7.60. The van der Waals surface area contributed by atoms with Crippen molar-refractivity contribution in [1.29, 1.82) is 5.26 Å². The summed E-state index contributed by atoms with van der Waals surface area (Å²) in [6.07, 6.45) is 2.60. The average Bonchev–Trinajstić information content (AvgIpc) is 2.76. The van der Waals surface area contributed by atoms with E-state index in [1.807, 2.05) is 6.92 Å². The number of nitriles is 1. The lowest BCUT2D eigenvalue weighted by molar-refractivity contribution is 1.26. The molecule has 1 aliphatic carbocycles. The van der Waals surface area contributed by atoms with E-state index >= 15 is 0 Å². The fourth-order valence-corrected chi connectivity index (χ4v) is 2.57. The first kappa shape index (κ1) is 10.8. The van der Waals surface area contributed by atoms with Crippen LogP contribution in [0, 0.1) is 11.3 Å². The second kappa shape index (κ2) is 4.16. The van der Waals surface area contributed by atoms with E-state index in [0.29, 0.717) is 0 Å². The third-order valence-corrected chi connectivity index (χ3v) is 3.53. The van der Waals surface area contributed by atoms with Gasteiger partial charge >= 0.3 is 0 Å². The largest absolute Gasteiger partial charge is 0.193 e. The number of fused-ring (bicyclic) bond motifs is 3. The van der Waals surface area contributed by atoms with Gasteiger partial charge in [0, 0.05) is 6.08 Å². The number of rotatable bonds is 1. The van der Waals surface area contributed by atoms with Crippen LogP contribution in [-0.4, -0.2) is 0 Å². The second-order valence-electron chi connectivity index (χ2n) is 4.66. The molecule has 0 aliphatic heterocycles. The molecule has 0 amide bonds. The highest BCUT2D eigenvalue weighted by Gasteiger charge is 2.17. The van der Waals surface area contributed by atoms with Gasteiger partial charge in [-0.15, -0.1) is 0 Å². The number of nitrogens with zero attached hydrogens (tertiary/aromatic N) is 1. The average molecular weight is 231 g/mol. The Hall–Kier alpha value is -2.33. The minimum atomic E-state index is 0.999. The Morgan fingerprint density at radius 2 is 1.89 bits per heavy atom. The van der Waals surface area contributed by atoms with Gasteiger partial charge in [-0.25, -0.2) is 0 Å². The molecule has 0 unspecified atom stereocenters. The Morgan fingerprint density at radius 3 is 2.72 bits per heavy atom. The van der Waals surface area contributed by atoms with Crippen LogP contribution in [-0.2, 0) is 6.42 Å². The first-order valence-electron chi connectivity index (χ1n) is 6.07. The molecule has 0 atom stereocenters. The van der Waals surface area contributed by atoms with E-state index in [9.17, 15) is 0 Å². The van der Waals surface area contributed by atoms with E-state index in [1.165, 1.54) is 22.3 Å². The van der Waals surface area contributed by atoms with Crippen molar-refractivity contribution in [2.75, 3.05) is 0 Å². The smallest absolute Gasteiger partial charge is 0.0915 e. The molecule has 0 fully saturated rings. The second-order valence-corrected chi connectivity index (χ2v) is 4.66. The summed E-state index contributed by atoms with van der Waals surface area (Å²) in [5.74, 6) is 0. The molecule has 86 valence electrons. The lowest BCUT2D eigenvalue weighted by Crippen LogP contribution is -1.85. The van der Waals surface area contributed by atoms with E-state index in [0.717, 1.165) is 17.6 Å². The number of hydrogen-bond acceptors (Lipinski definition) is 1. The van der Waals surface area contributed by atoms with E-state index in [-0.39, 0.29) is 0 Å². The van der Waals surface area contributed by atoms with Gasteiger partial charge in [0.05, 0.1) is 6.07 Å². The van der Waals surface area contributed by atoms with Crippen LogP contribution in [0.15, 0.2) is 48.5 Å². The summed E-state index contributed by atoms with van der Waals surface area (Å²) in [4.78, 5) is 0. The van der Waals surface area contributed by atoms with Crippen LogP contribution < -0.4 is 0 Å². The Labute approximate surface area is 107 Å². The van der Waals surface area contributed by atoms with Crippen LogP contribution in [0.25, 0.3) is 16.7 Å². The van der Waals surface area contributed by atoms with Crippen molar-refractivity contribution < 1.29 is 0 Å². The minimum absolute atomic E-state index is 0.999.